The molecule has 0 fully saturated rings. The van der Waals surface area contributed by atoms with Crippen molar-refractivity contribution >= 4 is 12.0 Å². The summed E-state index contributed by atoms with van der Waals surface area (Å²) in [5.41, 5.74) is 1.02. The van der Waals surface area contributed by atoms with Crippen LogP contribution in [-0.2, 0) is 11.2 Å². The van der Waals surface area contributed by atoms with Gasteiger partial charge in [-0.1, -0.05) is 0 Å². The van der Waals surface area contributed by atoms with Gasteiger partial charge < -0.3 is 20.2 Å². The zero-order chi connectivity index (χ0) is 13.0. The minimum Gasteiger partial charge on any atom is -0.481 e. The molecule has 0 saturated heterocycles. The molecule has 1 unspecified atom stereocenters. The normalized spacial score (nSPS) is 17.9. The highest BCUT2D eigenvalue weighted by atomic mass is 16.4. The van der Waals surface area contributed by atoms with E-state index >= 15 is 0 Å². The number of carboxylic acid groups (broad SMARTS) is 1. The number of fused-ring (bicyclic) bond motifs is 1. The first-order valence-electron chi connectivity index (χ1n) is 5.99. The minimum atomic E-state index is -0.926. The number of hydrogen-bond acceptors (Lipinski definition) is 3. The maximum atomic E-state index is 11.6. The van der Waals surface area contributed by atoms with E-state index in [0.717, 1.165) is 30.6 Å². The second-order valence-corrected chi connectivity index (χ2v) is 4.29. The molecular weight excluding hydrogens is 236 g/mol. The maximum Gasteiger partial charge on any atom is 0.315 e. The molecule has 3 N–H and O–H groups in total. The van der Waals surface area contributed by atoms with Gasteiger partial charge in [0.05, 0.1) is 18.7 Å². The van der Waals surface area contributed by atoms with Crippen LogP contribution in [0.5, 0.6) is 0 Å². The predicted molar refractivity (Wildman–Crippen MR) is 63.2 cm³/mol. The van der Waals surface area contributed by atoms with Gasteiger partial charge in [0.15, 0.2) is 0 Å². The summed E-state index contributed by atoms with van der Waals surface area (Å²) in [6.45, 7) is 0.131. The van der Waals surface area contributed by atoms with Crippen LogP contribution < -0.4 is 10.6 Å². The van der Waals surface area contributed by atoms with Crippen molar-refractivity contribution in [3.05, 3.63) is 23.7 Å². The Kier molecular flexibility index (Phi) is 3.86. The van der Waals surface area contributed by atoms with E-state index in [2.05, 4.69) is 10.6 Å². The van der Waals surface area contributed by atoms with Crippen molar-refractivity contribution in [3.63, 3.8) is 0 Å². The number of nitrogens with one attached hydrogen (secondary N) is 2. The highest BCUT2D eigenvalue weighted by Crippen LogP contribution is 2.30. The Morgan fingerprint density at radius 3 is 3.11 bits per heavy atom. The van der Waals surface area contributed by atoms with Crippen molar-refractivity contribution in [1.29, 1.82) is 0 Å². The number of rotatable bonds is 4. The average Bonchev–Trinajstić information content (AvgIpc) is 2.77. The Labute approximate surface area is 104 Å². The Balaban J connectivity index is 1.84. The lowest BCUT2D eigenvalue weighted by Crippen LogP contribution is -2.39. The molecule has 0 spiro atoms. The Morgan fingerprint density at radius 2 is 2.33 bits per heavy atom. The van der Waals surface area contributed by atoms with Crippen LogP contribution in [0.2, 0.25) is 0 Å². The highest BCUT2D eigenvalue weighted by Gasteiger charge is 2.23. The molecule has 18 heavy (non-hydrogen) atoms. The number of urea groups is 1. The standard InChI is InChI=1S/C12H16N2O4/c15-11(16)4-6-13-12(17)14-9-2-1-3-10-8(9)5-7-18-10/h5,7,9H,1-4,6H2,(H,15,16)(H2,13,14,17). The molecule has 2 rings (SSSR count). The Morgan fingerprint density at radius 1 is 1.50 bits per heavy atom. The van der Waals surface area contributed by atoms with Crippen molar-refractivity contribution < 1.29 is 19.1 Å². The number of aliphatic carboxylic acids is 1. The van der Waals surface area contributed by atoms with Crippen LogP contribution in [-0.4, -0.2) is 23.7 Å². The third-order valence-corrected chi connectivity index (χ3v) is 2.98. The zero-order valence-electron chi connectivity index (χ0n) is 9.94. The van der Waals surface area contributed by atoms with Gasteiger partial charge in [-0.15, -0.1) is 0 Å². The number of carbonyl (C=O) groups is 2. The van der Waals surface area contributed by atoms with E-state index in [9.17, 15) is 9.59 Å². The van der Waals surface area contributed by atoms with Crippen LogP contribution in [0.1, 0.15) is 36.6 Å². The molecular formula is C12H16N2O4. The van der Waals surface area contributed by atoms with Gasteiger partial charge in [-0.05, 0) is 18.9 Å². The second kappa shape index (κ2) is 5.57. The summed E-state index contributed by atoms with van der Waals surface area (Å²) in [5, 5.41) is 13.8. The number of amides is 2. The van der Waals surface area contributed by atoms with Crippen LogP contribution in [0.4, 0.5) is 4.79 Å². The van der Waals surface area contributed by atoms with Crippen LogP contribution in [0.25, 0.3) is 0 Å². The molecule has 6 nitrogen and oxygen atoms in total. The lowest BCUT2D eigenvalue weighted by atomic mass is 9.93. The van der Waals surface area contributed by atoms with Crippen LogP contribution in [0.15, 0.2) is 16.7 Å². The van der Waals surface area contributed by atoms with Crippen molar-refractivity contribution in [2.45, 2.75) is 31.7 Å². The van der Waals surface area contributed by atoms with E-state index in [0.29, 0.717) is 0 Å². The summed E-state index contributed by atoms with van der Waals surface area (Å²) >= 11 is 0. The summed E-state index contributed by atoms with van der Waals surface area (Å²) in [4.78, 5) is 21.9. The van der Waals surface area contributed by atoms with Crippen molar-refractivity contribution in [2.75, 3.05) is 6.54 Å². The highest BCUT2D eigenvalue weighted by molar-refractivity contribution is 5.75. The molecule has 0 aliphatic heterocycles. The topological polar surface area (TPSA) is 91.6 Å². The van der Waals surface area contributed by atoms with E-state index in [1.807, 2.05) is 6.07 Å². The fraction of sp³-hybridized carbons (Fsp3) is 0.500. The van der Waals surface area contributed by atoms with Gasteiger partial charge in [0.1, 0.15) is 5.76 Å². The maximum absolute atomic E-state index is 11.6. The monoisotopic (exact) mass is 252 g/mol. The Hall–Kier alpha value is -1.98. The van der Waals surface area contributed by atoms with E-state index in [4.69, 9.17) is 9.52 Å². The number of hydrogen-bond donors (Lipinski definition) is 3. The van der Waals surface area contributed by atoms with Gasteiger partial charge in [-0.2, -0.15) is 0 Å². The van der Waals surface area contributed by atoms with Gasteiger partial charge >= 0.3 is 12.0 Å². The molecule has 98 valence electrons. The summed E-state index contributed by atoms with van der Waals surface area (Å²) in [6.07, 6.45) is 4.31. The quantitative estimate of drug-likeness (QED) is 0.756. The van der Waals surface area contributed by atoms with E-state index in [1.54, 1.807) is 6.26 Å². The lowest BCUT2D eigenvalue weighted by molar-refractivity contribution is -0.136. The van der Waals surface area contributed by atoms with Gasteiger partial charge in [0.25, 0.3) is 0 Å². The summed E-state index contributed by atoms with van der Waals surface area (Å²) < 4.78 is 5.33. The summed E-state index contributed by atoms with van der Waals surface area (Å²) in [5.74, 6) is 0.00201. The molecule has 1 atom stereocenters. The van der Waals surface area contributed by atoms with Crippen molar-refractivity contribution in [3.8, 4) is 0 Å². The second-order valence-electron chi connectivity index (χ2n) is 4.29. The predicted octanol–water partition coefficient (Wildman–Crippen LogP) is 1.43. The van der Waals surface area contributed by atoms with Gasteiger partial charge in [0.2, 0.25) is 0 Å². The molecule has 1 aliphatic rings. The fourth-order valence-electron chi connectivity index (χ4n) is 2.13. The molecule has 0 bridgehead atoms. The smallest absolute Gasteiger partial charge is 0.315 e. The van der Waals surface area contributed by atoms with Crippen LogP contribution >= 0.6 is 0 Å². The van der Waals surface area contributed by atoms with E-state index < -0.39 is 5.97 Å². The van der Waals surface area contributed by atoms with Crippen molar-refractivity contribution in [1.82, 2.24) is 10.6 Å². The molecule has 1 aliphatic carbocycles. The number of aryl methyl sites for hydroxylation is 1. The van der Waals surface area contributed by atoms with Crippen molar-refractivity contribution in [2.24, 2.45) is 0 Å². The Bertz CT molecular complexity index is 441. The summed E-state index contributed by atoms with van der Waals surface area (Å²) in [7, 11) is 0. The fourth-order valence-corrected chi connectivity index (χ4v) is 2.13. The molecule has 1 aromatic heterocycles. The third-order valence-electron chi connectivity index (χ3n) is 2.98. The summed E-state index contributed by atoms with van der Waals surface area (Å²) in [6, 6.07) is 1.49. The van der Waals surface area contributed by atoms with Gasteiger partial charge in [-0.3, -0.25) is 4.79 Å². The largest absolute Gasteiger partial charge is 0.481 e. The first-order chi connectivity index (χ1) is 8.66. The molecule has 6 heteroatoms. The van der Waals surface area contributed by atoms with Gasteiger partial charge in [-0.25, -0.2) is 4.79 Å². The van der Waals surface area contributed by atoms with E-state index in [-0.39, 0.29) is 25.0 Å². The van der Waals surface area contributed by atoms with Crippen LogP contribution in [0.3, 0.4) is 0 Å². The van der Waals surface area contributed by atoms with E-state index in [1.165, 1.54) is 0 Å². The molecule has 0 saturated carbocycles. The number of carboxylic acids is 1. The molecule has 2 amide bonds. The first kappa shape index (κ1) is 12.5. The number of furan rings is 1. The lowest BCUT2D eigenvalue weighted by Gasteiger charge is -2.22. The molecule has 0 radical (unpaired) electrons. The molecule has 0 aromatic carbocycles. The third kappa shape index (κ3) is 3.03. The van der Waals surface area contributed by atoms with Crippen LogP contribution in [0, 0.1) is 0 Å². The zero-order valence-corrected chi connectivity index (χ0v) is 9.94. The molecule has 1 aromatic rings. The minimum absolute atomic E-state index is 0.0441. The van der Waals surface area contributed by atoms with Gasteiger partial charge in [0, 0.05) is 18.5 Å². The number of carbonyl (C=O) groups excluding carboxylic acids is 1. The SMILES string of the molecule is O=C(O)CCNC(=O)NC1CCCc2occc21. The first-order valence-corrected chi connectivity index (χ1v) is 5.99. The molecule has 1 heterocycles. The average molecular weight is 252 g/mol.